The van der Waals surface area contributed by atoms with Crippen LogP contribution in [-0.2, 0) is 0 Å². The van der Waals surface area contributed by atoms with E-state index >= 15 is 0 Å². The highest BCUT2D eigenvalue weighted by molar-refractivity contribution is 7.13. The molecule has 140 valence electrons. The maximum absolute atomic E-state index is 13.4. The molecule has 1 fully saturated rings. The van der Waals surface area contributed by atoms with Crippen LogP contribution in [0.15, 0.2) is 54.0 Å². The Morgan fingerprint density at radius 1 is 1.22 bits per heavy atom. The molecule has 1 aliphatic rings. The van der Waals surface area contributed by atoms with Gasteiger partial charge in [0.05, 0.1) is 16.1 Å². The van der Waals surface area contributed by atoms with Crippen LogP contribution in [0.4, 0.5) is 0 Å². The van der Waals surface area contributed by atoms with Crippen molar-refractivity contribution in [1.82, 2.24) is 14.7 Å². The minimum Gasteiger partial charge on any atom is -0.338 e. The van der Waals surface area contributed by atoms with Gasteiger partial charge < -0.3 is 10.6 Å². The maximum Gasteiger partial charge on any atom is 0.257 e. The zero-order valence-corrected chi connectivity index (χ0v) is 16.4. The van der Waals surface area contributed by atoms with Crippen LogP contribution in [0.5, 0.6) is 0 Å². The van der Waals surface area contributed by atoms with E-state index in [9.17, 15) is 4.79 Å². The van der Waals surface area contributed by atoms with E-state index in [1.807, 2.05) is 58.9 Å². The number of rotatable bonds is 3. The summed E-state index contributed by atoms with van der Waals surface area (Å²) in [6, 6.07) is 14.0. The van der Waals surface area contributed by atoms with Crippen molar-refractivity contribution in [2.75, 3.05) is 13.1 Å². The fraction of sp³-hybridized carbons (Fsp3) is 0.333. The molecule has 3 heterocycles. The Morgan fingerprint density at radius 3 is 2.67 bits per heavy atom. The lowest BCUT2D eigenvalue weighted by Crippen LogP contribution is -2.54. The van der Waals surface area contributed by atoms with Crippen LogP contribution in [0.25, 0.3) is 16.3 Å². The first-order valence-electron chi connectivity index (χ1n) is 9.19. The minimum atomic E-state index is -0.0908. The van der Waals surface area contributed by atoms with Crippen LogP contribution < -0.4 is 5.73 Å². The zero-order valence-electron chi connectivity index (χ0n) is 15.6. The van der Waals surface area contributed by atoms with Crippen molar-refractivity contribution in [2.45, 2.75) is 26.3 Å². The van der Waals surface area contributed by atoms with Gasteiger partial charge in [-0.1, -0.05) is 38.1 Å². The second kappa shape index (κ2) is 6.94. The summed E-state index contributed by atoms with van der Waals surface area (Å²) in [4.78, 5) is 16.3. The third kappa shape index (κ3) is 3.42. The number of nitrogens with zero attached hydrogens (tertiary/aromatic N) is 3. The van der Waals surface area contributed by atoms with Crippen LogP contribution in [0.1, 0.15) is 30.6 Å². The van der Waals surface area contributed by atoms with Crippen molar-refractivity contribution in [1.29, 1.82) is 0 Å². The number of piperidine rings is 1. The van der Waals surface area contributed by atoms with Gasteiger partial charge in [-0.3, -0.25) is 4.79 Å². The van der Waals surface area contributed by atoms with E-state index < -0.39 is 0 Å². The summed E-state index contributed by atoms with van der Waals surface area (Å²) in [5, 5.41) is 6.75. The van der Waals surface area contributed by atoms with Gasteiger partial charge in [0, 0.05) is 25.3 Å². The first-order chi connectivity index (χ1) is 13.0. The molecule has 3 aromatic rings. The molecule has 1 saturated heterocycles. The lowest BCUT2D eigenvalue weighted by Gasteiger charge is -2.42. The van der Waals surface area contributed by atoms with Crippen molar-refractivity contribution in [3.8, 4) is 16.3 Å². The van der Waals surface area contributed by atoms with Crippen molar-refractivity contribution in [3.63, 3.8) is 0 Å². The molecular formula is C21H24N4OS. The Hall–Kier alpha value is -2.44. The average Bonchev–Trinajstić information content (AvgIpc) is 3.33. The van der Waals surface area contributed by atoms with E-state index in [4.69, 9.17) is 10.8 Å². The molecule has 2 aromatic heterocycles. The molecule has 0 spiro atoms. The first kappa shape index (κ1) is 17.9. The van der Waals surface area contributed by atoms with Gasteiger partial charge in [-0.2, -0.15) is 5.10 Å². The van der Waals surface area contributed by atoms with Crippen molar-refractivity contribution >= 4 is 17.2 Å². The van der Waals surface area contributed by atoms with Gasteiger partial charge in [0.2, 0.25) is 0 Å². The van der Waals surface area contributed by atoms with Crippen LogP contribution in [0, 0.1) is 5.41 Å². The van der Waals surface area contributed by atoms with Crippen LogP contribution in [0.2, 0.25) is 0 Å². The molecule has 1 aromatic carbocycles. The number of benzene rings is 1. The van der Waals surface area contributed by atoms with E-state index in [1.54, 1.807) is 16.0 Å². The van der Waals surface area contributed by atoms with Crippen LogP contribution in [0.3, 0.4) is 0 Å². The van der Waals surface area contributed by atoms with Crippen LogP contribution >= 0.6 is 11.3 Å². The SMILES string of the molecule is CC1(C)CN(C(=O)c2cn(-c3ccccc3)nc2-c2cccs2)CCC1N. The van der Waals surface area contributed by atoms with E-state index in [0.717, 1.165) is 22.7 Å². The quantitative estimate of drug-likeness (QED) is 0.752. The molecule has 1 aliphatic heterocycles. The fourth-order valence-corrected chi connectivity index (χ4v) is 4.28. The molecule has 6 heteroatoms. The molecule has 4 rings (SSSR count). The number of hydrogen-bond donors (Lipinski definition) is 1. The van der Waals surface area contributed by atoms with Gasteiger partial charge in [0.15, 0.2) is 0 Å². The number of para-hydroxylation sites is 1. The number of aromatic nitrogens is 2. The fourth-order valence-electron chi connectivity index (χ4n) is 3.56. The molecular weight excluding hydrogens is 356 g/mol. The number of amides is 1. The zero-order chi connectivity index (χ0) is 19.0. The first-order valence-corrected chi connectivity index (χ1v) is 10.1. The van der Waals surface area contributed by atoms with Crippen LogP contribution in [-0.4, -0.2) is 39.7 Å². The summed E-state index contributed by atoms with van der Waals surface area (Å²) in [5.74, 6) is 0.0283. The lowest BCUT2D eigenvalue weighted by atomic mass is 9.79. The summed E-state index contributed by atoms with van der Waals surface area (Å²) in [5.41, 5.74) is 8.49. The van der Waals surface area contributed by atoms with E-state index in [-0.39, 0.29) is 17.4 Å². The van der Waals surface area contributed by atoms with E-state index in [1.165, 1.54) is 0 Å². The monoisotopic (exact) mass is 380 g/mol. The highest BCUT2D eigenvalue weighted by Crippen LogP contribution is 2.32. The van der Waals surface area contributed by atoms with Gasteiger partial charge in [-0.05, 0) is 35.4 Å². The van der Waals surface area contributed by atoms with Crippen molar-refractivity contribution in [3.05, 3.63) is 59.6 Å². The molecule has 1 amide bonds. The normalized spacial score (nSPS) is 19.2. The topological polar surface area (TPSA) is 64.2 Å². The number of carbonyl (C=O) groups excluding carboxylic acids is 1. The molecule has 1 unspecified atom stereocenters. The summed E-state index contributed by atoms with van der Waals surface area (Å²) in [7, 11) is 0. The minimum absolute atomic E-state index is 0.0283. The Balaban J connectivity index is 1.73. The molecule has 27 heavy (non-hydrogen) atoms. The molecule has 5 nitrogen and oxygen atoms in total. The van der Waals surface area contributed by atoms with Crippen molar-refractivity contribution < 1.29 is 4.79 Å². The maximum atomic E-state index is 13.4. The highest BCUT2D eigenvalue weighted by Gasteiger charge is 2.36. The summed E-state index contributed by atoms with van der Waals surface area (Å²) in [6.45, 7) is 5.60. The number of nitrogens with two attached hydrogens (primary N) is 1. The Labute approximate surface area is 163 Å². The van der Waals surface area contributed by atoms with Gasteiger partial charge in [-0.15, -0.1) is 11.3 Å². The van der Waals surface area contributed by atoms with E-state index in [2.05, 4.69) is 13.8 Å². The molecule has 1 atom stereocenters. The highest BCUT2D eigenvalue weighted by atomic mass is 32.1. The number of carbonyl (C=O) groups is 1. The number of hydrogen-bond acceptors (Lipinski definition) is 4. The molecule has 0 aliphatic carbocycles. The second-order valence-corrected chi connectivity index (χ2v) is 8.71. The largest absolute Gasteiger partial charge is 0.338 e. The van der Waals surface area contributed by atoms with Gasteiger partial charge in [-0.25, -0.2) is 4.68 Å². The average molecular weight is 381 g/mol. The predicted octanol–water partition coefficient (Wildman–Crippen LogP) is 3.80. The summed E-state index contributed by atoms with van der Waals surface area (Å²) >= 11 is 1.60. The third-order valence-electron chi connectivity index (χ3n) is 5.32. The Kier molecular flexibility index (Phi) is 4.61. The van der Waals surface area contributed by atoms with Crippen molar-refractivity contribution in [2.24, 2.45) is 11.1 Å². The predicted molar refractivity (Wildman–Crippen MR) is 109 cm³/mol. The lowest BCUT2D eigenvalue weighted by molar-refractivity contribution is 0.0533. The number of likely N-dealkylation sites (tertiary alicyclic amines) is 1. The molecule has 2 N–H and O–H groups in total. The molecule has 0 bridgehead atoms. The van der Waals surface area contributed by atoms with Gasteiger partial charge in [0.25, 0.3) is 5.91 Å². The van der Waals surface area contributed by atoms with Gasteiger partial charge >= 0.3 is 0 Å². The second-order valence-electron chi connectivity index (χ2n) is 7.76. The molecule has 0 radical (unpaired) electrons. The third-order valence-corrected chi connectivity index (χ3v) is 6.20. The van der Waals surface area contributed by atoms with Gasteiger partial charge in [0.1, 0.15) is 5.69 Å². The standard InChI is InChI=1S/C21H24N4OS/c1-21(2)14-24(11-10-18(21)22)20(26)16-13-25(15-7-4-3-5-8-15)23-19(16)17-9-6-12-27-17/h3-9,12-13,18H,10-11,14,22H2,1-2H3. The Morgan fingerprint density at radius 2 is 2.00 bits per heavy atom. The Bertz CT molecular complexity index is 931. The molecule has 0 saturated carbocycles. The summed E-state index contributed by atoms with van der Waals surface area (Å²) < 4.78 is 1.79. The number of thiophene rings is 1. The smallest absolute Gasteiger partial charge is 0.257 e. The summed E-state index contributed by atoms with van der Waals surface area (Å²) in [6.07, 6.45) is 2.67. The van der Waals surface area contributed by atoms with E-state index in [0.29, 0.717) is 18.7 Å².